The van der Waals surface area contributed by atoms with E-state index in [0.29, 0.717) is 0 Å². The number of hydrogen-bond donors (Lipinski definition) is 1. The summed E-state index contributed by atoms with van der Waals surface area (Å²) in [5, 5.41) is 0. The molecule has 3 nitrogen and oxygen atoms in total. The highest BCUT2D eigenvalue weighted by atomic mass is 32.2. The lowest BCUT2D eigenvalue weighted by atomic mass is 9.94. The second kappa shape index (κ2) is 6.53. The van der Waals surface area contributed by atoms with Crippen LogP contribution in [0, 0.1) is 18.8 Å². The molecule has 1 rings (SSSR count). The van der Waals surface area contributed by atoms with Crippen molar-refractivity contribution in [1.82, 2.24) is 4.72 Å². The Hall–Kier alpha value is -0.870. The third-order valence-corrected chi connectivity index (χ3v) is 4.54. The van der Waals surface area contributed by atoms with Crippen molar-refractivity contribution in [2.24, 2.45) is 11.8 Å². The monoisotopic (exact) mass is 283 g/mol. The average molecular weight is 283 g/mol. The largest absolute Gasteiger partial charge is 0.216 e. The first kappa shape index (κ1) is 16.2. The van der Waals surface area contributed by atoms with Crippen molar-refractivity contribution in [3.05, 3.63) is 35.4 Å². The van der Waals surface area contributed by atoms with Gasteiger partial charge in [0.1, 0.15) is 0 Å². The molecule has 108 valence electrons. The molecule has 4 heteroatoms. The van der Waals surface area contributed by atoms with Gasteiger partial charge in [0.05, 0.1) is 5.75 Å². The maximum atomic E-state index is 12.2. The van der Waals surface area contributed by atoms with Gasteiger partial charge in [0.2, 0.25) is 10.0 Å². The zero-order valence-corrected chi connectivity index (χ0v) is 13.3. The number of rotatable bonds is 6. The Kier molecular flexibility index (Phi) is 5.56. The van der Waals surface area contributed by atoms with Crippen molar-refractivity contribution in [2.75, 3.05) is 0 Å². The zero-order valence-electron chi connectivity index (χ0n) is 12.5. The van der Waals surface area contributed by atoms with E-state index in [2.05, 4.69) is 4.72 Å². The molecule has 0 spiro atoms. The molecular weight excluding hydrogens is 258 g/mol. The smallest absolute Gasteiger partial charge is 0.212 e. The molecular formula is C15H25NO2S. The normalized spacial score (nSPS) is 12.6. The van der Waals surface area contributed by atoms with E-state index in [9.17, 15) is 8.42 Å². The first-order chi connectivity index (χ1) is 8.71. The van der Waals surface area contributed by atoms with Gasteiger partial charge in [-0.05, 0) is 24.3 Å². The molecule has 0 saturated carbocycles. The maximum Gasteiger partial charge on any atom is 0.216 e. The van der Waals surface area contributed by atoms with Crippen LogP contribution in [0.3, 0.4) is 0 Å². The van der Waals surface area contributed by atoms with Crippen molar-refractivity contribution >= 4 is 10.0 Å². The van der Waals surface area contributed by atoms with Crippen LogP contribution < -0.4 is 4.72 Å². The third kappa shape index (κ3) is 5.33. The summed E-state index contributed by atoms with van der Waals surface area (Å²) in [6.07, 6.45) is 0. The fraction of sp³-hybridized carbons (Fsp3) is 0.600. The van der Waals surface area contributed by atoms with E-state index in [-0.39, 0.29) is 23.6 Å². The van der Waals surface area contributed by atoms with Crippen molar-refractivity contribution in [3.63, 3.8) is 0 Å². The fourth-order valence-electron chi connectivity index (χ4n) is 2.31. The highest BCUT2D eigenvalue weighted by Crippen LogP contribution is 2.15. The minimum absolute atomic E-state index is 0.0187. The summed E-state index contributed by atoms with van der Waals surface area (Å²) in [4.78, 5) is 0. The molecule has 0 radical (unpaired) electrons. The minimum atomic E-state index is -3.29. The predicted molar refractivity (Wildman–Crippen MR) is 80.4 cm³/mol. The van der Waals surface area contributed by atoms with E-state index >= 15 is 0 Å². The number of sulfonamides is 1. The van der Waals surface area contributed by atoms with Crippen LogP contribution >= 0.6 is 0 Å². The van der Waals surface area contributed by atoms with E-state index in [4.69, 9.17) is 0 Å². The number of hydrogen-bond acceptors (Lipinski definition) is 2. The number of aryl methyl sites for hydroxylation is 1. The Bertz CT molecular complexity index is 499. The van der Waals surface area contributed by atoms with Crippen LogP contribution in [0.25, 0.3) is 0 Å². The summed E-state index contributed by atoms with van der Waals surface area (Å²) in [7, 11) is -3.29. The lowest BCUT2D eigenvalue weighted by Gasteiger charge is -2.25. The molecule has 19 heavy (non-hydrogen) atoms. The lowest BCUT2D eigenvalue weighted by molar-refractivity contribution is 0.355. The van der Waals surface area contributed by atoms with Crippen LogP contribution in [0.2, 0.25) is 0 Å². The van der Waals surface area contributed by atoms with Gasteiger partial charge in [0.15, 0.2) is 0 Å². The molecule has 1 aromatic carbocycles. The molecule has 1 aromatic rings. The maximum absolute atomic E-state index is 12.2. The van der Waals surface area contributed by atoms with Crippen LogP contribution in [-0.2, 0) is 15.8 Å². The molecule has 0 aliphatic carbocycles. The topological polar surface area (TPSA) is 46.2 Å². The summed E-state index contributed by atoms with van der Waals surface area (Å²) in [5.41, 5.74) is 1.91. The first-order valence-corrected chi connectivity index (χ1v) is 8.42. The SMILES string of the molecule is Cc1cccc(CS(=O)(=O)NC(C(C)C)C(C)C)c1. The van der Waals surface area contributed by atoms with Crippen molar-refractivity contribution in [2.45, 2.75) is 46.4 Å². The zero-order chi connectivity index (χ0) is 14.6. The van der Waals surface area contributed by atoms with Crippen molar-refractivity contribution in [1.29, 1.82) is 0 Å². The lowest BCUT2D eigenvalue weighted by Crippen LogP contribution is -2.42. The van der Waals surface area contributed by atoms with Crippen molar-refractivity contribution in [3.8, 4) is 0 Å². The Morgan fingerprint density at radius 3 is 2.16 bits per heavy atom. The van der Waals surface area contributed by atoms with Gasteiger partial charge in [-0.3, -0.25) is 0 Å². The summed E-state index contributed by atoms with van der Waals surface area (Å²) >= 11 is 0. The predicted octanol–water partition coefficient (Wildman–Crippen LogP) is 3.10. The van der Waals surface area contributed by atoms with E-state index < -0.39 is 10.0 Å². The van der Waals surface area contributed by atoms with Gasteiger partial charge >= 0.3 is 0 Å². The van der Waals surface area contributed by atoms with Crippen LogP contribution in [0.15, 0.2) is 24.3 Å². The molecule has 0 aliphatic rings. The molecule has 0 heterocycles. The highest BCUT2D eigenvalue weighted by Gasteiger charge is 2.23. The molecule has 0 unspecified atom stereocenters. The molecule has 0 atom stereocenters. The van der Waals surface area contributed by atoms with Crippen LogP contribution in [-0.4, -0.2) is 14.5 Å². The van der Waals surface area contributed by atoms with Gasteiger partial charge in [0.25, 0.3) is 0 Å². The van der Waals surface area contributed by atoms with E-state index in [1.807, 2.05) is 58.9 Å². The number of benzene rings is 1. The van der Waals surface area contributed by atoms with E-state index in [0.717, 1.165) is 11.1 Å². The second-order valence-corrected chi connectivity index (χ2v) is 7.63. The molecule has 0 bridgehead atoms. The standard InChI is InChI=1S/C15H25NO2S/c1-11(2)15(12(3)4)16-19(17,18)10-14-8-6-7-13(5)9-14/h6-9,11-12,15-16H,10H2,1-5H3. The van der Waals surface area contributed by atoms with Crippen LogP contribution in [0.5, 0.6) is 0 Å². The van der Waals surface area contributed by atoms with Gasteiger partial charge in [-0.1, -0.05) is 57.5 Å². The second-order valence-electron chi connectivity index (χ2n) is 5.88. The molecule has 0 amide bonds. The number of nitrogens with one attached hydrogen (secondary N) is 1. The van der Waals surface area contributed by atoms with Gasteiger partial charge in [0, 0.05) is 6.04 Å². The summed E-state index contributed by atoms with van der Waals surface area (Å²) in [5.74, 6) is 0.615. The third-order valence-electron chi connectivity index (χ3n) is 3.19. The van der Waals surface area contributed by atoms with Crippen LogP contribution in [0.1, 0.15) is 38.8 Å². The Labute approximate surface area is 117 Å². The Balaban J connectivity index is 2.81. The van der Waals surface area contributed by atoms with Gasteiger partial charge < -0.3 is 0 Å². The summed E-state index contributed by atoms with van der Waals surface area (Å²) in [6.45, 7) is 10.1. The van der Waals surface area contributed by atoms with Crippen LogP contribution in [0.4, 0.5) is 0 Å². The van der Waals surface area contributed by atoms with Gasteiger partial charge in [-0.25, -0.2) is 13.1 Å². The van der Waals surface area contributed by atoms with Gasteiger partial charge in [-0.2, -0.15) is 0 Å². The van der Waals surface area contributed by atoms with E-state index in [1.165, 1.54) is 0 Å². The van der Waals surface area contributed by atoms with Gasteiger partial charge in [-0.15, -0.1) is 0 Å². The summed E-state index contributed by atoms with van der Waals surface area (Å²) < 4.78 is 27.3. The Morgan fingerprint density at radius 2 is 1.68 bits per heavy atom. The Morgan fingerprint density at radius 1 is 1.11 bits per heavy atom. The molecule has 1 N–H and O–H groups in total. The molecule has 0 aliphatic heterocycles. The highest BCUT2D eigenvalue weighted by molar-refractivity contribution is 7.88. The molecule has 0 aromatic heterocycles. The molecule has 0 fully saturated rings. The molecule has 0 saturated heterocycles. The summed E-state index contributed by atoms with van der Waals surface area (Å²) in [6, 6.07) is 7.61. The first-order valence-electron chi connectivity index (χ1n) is 6.77. The van der Waals surface area contributed by atoms with Crippen molar-refractivity contribution < 1.29 is 8.42 Å². The van der Waals surface area contributed by atoms with E-state index in [1.54, 1.807) is 0 Å². The average Bonchev–Trinajstić information content (AvgIpc) is 2.24. The minimum Gasteiger partial charge on any atom is -0.212 e. The fourth-order valence-corrected chi connectivity index (χ4v) is 3.97. The quantitative estimate of drug-likeness (QED) is 0.872.